The highest BCUT2D eigenvalue weighted by molar-refractivity contribution is 5.91. The zero-order valence-electron chi connectivity index (χ0n) is 12.1. The molecule has 2 N–H and O–H groups in total. The van der Waals surface area contributed by atoms with Crippen LogP contribution in [-0.4, -0.2) is 57.5 Å². The summed E-state index contributed by atoms with van der Waals surface area (Å²) in [4.78, 5) is 35.2. The molecule has 1 rings (SSSR count). The fourth-order valence-corrected chi connectivity index (χ4v) is 1.54. The summed E-state index contributed by atoms with van der Waals surface area (Å²) in [6, 6.07) is -0.705. The molecule has 0 fully saturated rings. The number of hydrogen-bond donors (Lipinski definition) is 2. The lowest BCUT2D eigenvalue weighted by Gasteiger charge is -2.25. The molecule has 0 aromatic carbocycles. The number of anilines is 1. The van der Waals surface area contributed by atoms with Gasteiger partial charge < -0.3 is 20.1 Å². The minimum atomic E-state index is -1.04. The van der Waals surface area contributed by atoms with E-state index in [1.54, 1.807) is 13.8 Å². The van der Waals surface area contributed by atoms with Gasteiger partial charge in [-0.15, -0.1) is 0 Å². The Morgan fingerprint density at radius 2 is 2.14 bits per heavy atom. The zero-order valence-corrected chi connectivity index (χ0v) is 12.1. The number of carboxylic acids is 1. The van der Waals surface area contributed by atoms with Gasteiger partial charge in [-0.05, 0) is 13.8 Å². The maximum absolute atomic E-state index is 12.1. The average molecular weight is 298 g/mol. The number of rotatable bonds is 6. The standard InChI is InChI=1S/C12H18N4O5/c1-8(2)16(7-11(19)21-3)12(20)14-9-4-13-15(5-9)6-10(17)18/h4-5,8H,6-7H2,1-3H3,(H,14,20)(H,17,18). The quantitative estimate of drug-likeness (QED) is 0.734. The predicted molar refractivity (Wildman–Crippen MR) is 72.7 cm³/mol. The van der Waals surface area contributed by atoms with E-state index in [4.69, 9.17) is 5.11 Å². The van der Waals surface area contributed by atoms with Gasteiger partial charge in [0, 0.05) is 12.2 Å². The maximum Gasteiger partial charge on any atom is 0.325 e. The molecule has 0 atom stereocenters. The second-order valence-electron chi connectivity index (χ2n) is 4.55. The first-order chi connectivity index (χ1) is 9.83. The van der Waals surface area contributed by atoms with Gasteiger partial charge in [0.25, 0.3) is 0 Å². The molecule has 0 aliphatic carbocycles. The molecule has 1 aromatic rings. The van der Waals surface area contributed by atoms with Crippen molar-refractivity contribution in [2.45, 2.75) is 26.4 Å². The van der Waals surface area contributed by atoms with Crippen molar-refractivity contribution >= 4 is 23.7 Å². The largest absolute Gasteiger partial charge is 0.480 e. The Morgan fingerprint density at radius 1 is 1.48 bits per heavy atom. The third kappa shape index (κ3) is 5.13. The van der Waals surface area contributed by atoms with Crippen LogP contribution >= 0.6 is 0 Å². The van der Waals surface area contributed by atoms with Crippen LogP contribution in [-0.2, 0) is 20.9 Å². The fraction of sp³-hybridized carbons (Fsp3) is 0.500. The number of nitrogens with one attached hydrogen (secondary N) is 1. The summed E-state index contributed by atoms with van der Waals surface area (Å²) in [5, 5.41) is 15.0. The highest BCUT2D eigenvalue weighted by Crippen LogP contribution is 2.08. The van der Waals surface area contributed by atoms with Crippen molar-refractivity contribution in [3.8, 4) is 0 Å². The molecule has 0 spiro atoms. The molecule has 0 radical (unpaired) electrons. The van der Waals surface area contributed by atoms with Crippen LogP contribution in [0.15, 0.2) is 12.4 Å². The zero-order chi connectivity index (χ0) is 16.0. The molecular formula is C12H18N4O5. The number of methoxy groups -OCH3 is 1. The van der Waals surface area contributed by atoms with E-state index in [1.165, 1.54) is 29.1 Å². The first-order valence-electron chi connectivity index (χ1n) is 6.22. The third-order valence-electron chi connectivity index (χ3n) is 2.59. The lowest BCUT2D eigenvalue weighted by atomic mass is 10.3. The van der Waals surface area contributed by atoms with Gasteiger partial charge >= 0.3 is 18.0 Å². The van der Waals surface area contributed by atoms with Crippen molar-refractivity contribution in [1.29, 1.82) is 0 Å². The summed E-state index contributed by atoms with van der Waals surface area (Å²) in [5.41, 5.74) is 0.344. The van der Waals surface area contributed by atoms with Gasteiger partial charge in [0.05, 0.1) is 19.0 Å². The Kier molecular flexibility index (Phi) is 5.70. The van der Waals surface area contributed by atoms with E-state index >= 15 is 0 Å². The Hall–Kier alpha value is -2.58. The Bertz CT molecular complexity index is 525. The first-order valence-corrected chi connectivity index (χ1v) is 6.22. The smallest absolute Gasteiger partial charge is 0.325 e. The number of amides is 2. The molecule has 21 heavy (non-hydrogen) atoms. The topological polar surface area (TPSA) is 114 Å². The summed E-state index contributed by atoms with van der Waals surface area (Å²) < 4.78 is 5.72. The normalized spacial score (nSPS) is 10.3. The van der Waals surface area contributed by atoms with Crippen LogP contribution in [0.2, 0.25) is 0 Å². The van der Waals surface area contributed by atoms with Gasteiger partial charge in [-0.1, -0.05) is 0 Å². The lowest BCUT2D eigenvalue weighted by Crippen LogP contribution is -2.43. The molecule has 0 aliphatic rings. The Balaban J connectivity index is 2.70. The number of carbonyl (C=O) groups excluding carboxylic acids is 2. The number of esters is 1. The minimum absolute atomic E-state index is 0.177. The van der Waals surface area contributed by atoms with E-state index < -0.39 is 18.0 Å². The molecule has 9 nitrogen and oxygen atoms in total. The molecule has 1 heterocycles. The summed E-state index contributed by atoms with van der Waals surface area (Å²) in [5.74, 6) is -1.56. The number of carbonyl (C=O) groups is 3. The van der Waals surface area contributed by atoms with E-state index in [0.717, 1.165) is 0 Å². The molecule has 0 saturated heterocycles. The molecule has 2 amide bonds. The van der Waals surface area contributed by atoms with Gasteiger partial charge in [0.1, 0.15) is 13.1 Å². The molecule has 116 valence electrons. The molecule has 0 bridgehead atoms. The highest BCUT2D eigenvalue weighted by Gasteiger charge is 2.21. The van der Waals surface area contributed by atoms with E-state index in [9.17, 15) is 14.4 Å². The number of aromatic nitrogens is 2. The number of carboxylic acid groups (broad SMARTS) is 1. The fourth-order valence-electron chi connectivity index (χ4n) is 1.54. The Labute approximate surface area is 121 Å². The maximum atomic E-state index is 12.1. The van der Waals surface area contributed by atoms with Crippen LogP contribution in [0.25, 0.3) is 0 Å². The van der Waals surface area contributed by atoms with Crippen LogP contribution < -0.4 is 5.32 Å². The van der Waals surface area contributed by atoms with Gasteiger partial charge in [-0.25, -0.2) is 4.79 Å². The Morgan fingerprint density at radius 3 is 2.67 bits per heavy atom. The van der Waals surface area contributed by atoms with Crippen LogP contribution in [0, 0.1) is 0 Å². The second-order valence-corrected chi connectivity index (χ2v) is 4.55. The van der Waals surface area contributed by atoms with Crippen molar-refractivity contribution < 1.29 is 24.2 Å². The lowest BCUT2D eigenvalue weighted by molar-refractivity contribution is -0.141. The van der Waals surface area contributed by atoms with Gasteiger partial charge in [0.2, 0.25) is 0 Å². The average Bonchev–Trinajstić information content (AvgIpc) is 2.81. The van der Waals surface area contributed by atoms with Crippen LogP contribution in [0.3, 0.4) is 0 Å². The predicted octanol–water partition coefficient (Wildman–Crippen LogP) is 0.383. The van der Waals surface area contributed by atoms with E-state index in [2.05, 4.69) is 15.2 Å². The van der Waals surface area contributed by atoms with E-state index in [-0.39, 0.29) is 19.1 Å². The van der Waals surface area contributed by atoms with Gasteiger partial charge in [0.15, 0.2) is 0 Å². The van der Waals surface area contributed by atoms with Crippen molar-refractivity contribution in [1.82, 2.24) is 14.7 Å². The first kappa shape index (κ1) is 16.5. The van der Waals surface area contributed by atoms with Gasteiger partial charge in [-0.2, -0.15) is 5.10 Å². The number of hydrogen-bond acceptors (Lipinski definition) is 5. The van der Waals surface area contributed by atoms with E-state index in [0.29, 0.717) is 5.69 Å². The summed E-state index contributed by atoms with van der Waals surface area (Å²) >= 11 is 0. The third-order valence-corrected chi connectivity index (χ3v) is 2.59. The monoisotopic (exact) mass is 298 g/mol. The van der Waals surface area contributed by atoms with Crippen LogP contribution in [0.1, 0.15) is 13.8 Å². The SMILES string of the molecule is COC(=O)CN(C(=O)Nc1cnn(CC(=O)O)c1)C(C)C. The number of ether oxygens (including phenoxy) is 1. The molecule has 9 heteroatoms. The number of urea groups is 1. The van der Waals surface area contributed by atoms with Crippen LogP contribution in [0.5, 0.6) is 0 Å². The molecule has 0 aliphatic heterocycles. The minimum Gasteiger partial charge on any atom is -0.480 e. The highest BCUT2D eigenvalue weighted by atomic mass is 16.5. The van der Waals surface area contributed by atoms with Crippen molar-refractivity contribution in [3.63, 3.8) is 0 Å². The van der Waals surface area contributed by atoms with Crippen molar-refractivity contribution in [2.75, 3.05) is 19.0 Å². The molecule has 0 saturated carbocycles. The van der Waals surface area contributed by atoms with Crippen molar-refractivity contribution in [3.05, 3.63) is 12.4 Å². The molecular weight excluding hydrogens is 280 g/mol. The van der Waals surface area contributed by atoms with Crippen LogP contribution in [0.4, 0.5) is 10.5 Å². The molecule has 1 aromatic heterocycles. The summed E-state index contributed by atoms with van der Waals surface area (Å²) in [7, 11) is 1.24. The molecule has 0 unspecified atom stereocenters. The van der Waals surface area contributed by atoms with Gasteiger partial charge in [-0.3, -0.25) is 14.3 Å². The van der Waals surface area contributed by atoms with E-state index in [1.807, 2.05) is 0 Å². The number of aliphatic carboxylic acids is 1. The second kappa shape index (κ2) is 7.27. The number of nitrogens with zero attached hydrogens (tertiary/aromatic N) is 3. The van der Waals surface area contributed by atoms with Crippen molar-refractivity contribution in [2.24, 2.45) is 0 Å². The summed E-state index contributed by atoms with van der Waals surface area (Å²) in [6.45, 7) is 3.04. The summed E-state index contributed by atoms with van der Waals surface area (Å²) in [6.07, 6.45) is 2.72.